The summed E-state index contributed by atoms with van der Waals surface area (Å²) < 4.78 is 5.31. The van der Waals surface area contributed by atoms with E-state index in [4.69, 9.17) is 4.74 Å². The van der Waals surface area contributed by atoms with Crippen LogP contribution in [0.1, 0.15) is 41.6 Å². The van der Waals surface area contributed by atoms with Gasteiger partial charge in [0.05, 0.1) is 30.2 Å². The molecule has 1 fully saturated rings. The topological polar surface area (TPSA) is 138 Å². The van der Waals surface area contributed by atoms with Crippen LogP contribution < -0.4 is 9.64 Å². The van der Waals surface area contributed by atoms with E-state index in [-0.39, 0.29) is 58.3 Å². The minimum atomic E-state index is -1.18. The number of aromatic hydroxyl groups is 1. The van der Waals surface area contributed by atoms with Gasteiger partial charge in [0.15, 0.2) is 23.1 Å². The van der Waals surface area contributed by atoms with Gasteiger partial charge in [0.2, 0.25) is 11.8 Å². The molecule has 0 unspecified atom stereocenters. The van der Waals surface area contributed by atoms with Gasteiger partial charge in [-0.2, -0.15) is 0 Å². The Morgan fingerprint density at radius 2 is 1.77 bits per heavy atom. The normalized spacial score (nSPS) is 25.7. The van der Waals surface area contributed by atoms with E-state index in [0.29, 0.717) is 16.7 Å². The molecule has 4 atom stereocenters. The molecule has 6 rings (SSSR count). The predicted molar refractivity (Wildman–Crippen MR) is 142 cm³/mol. The first-order chi connectivity index (χ1) is 19.1. The number of hydrogen-bond acceptors (Lipinski definition) is 7. The standard InChI is InChI=1S/C31H25NO8/c1-14-11-22(33)21-13-20-17(24(26(21)27(14)34)18-7-4-8-23(40-2)28(18)35)9-10-19-25(20)30(37)32(29(19)36)16-6-3-5-15(12-16)31(38)39/h3-9,11-12,19-20,24-25,35H,10,13H2,1-2H3,(H,38,39)/t19-,20+,24+,25-/m0/s1. The van der Waals surface area contributed by atoms with Crippen LogP contribution in [0.3, 0.4) is 0 Å². The van der Waals surface area contributed by atoms with E-state index in [9.17, 15) is 34.2 Å². The Kier molecular flexibility index (Phi) is 5.83. The number of carbonyl (C=O) groups excluding carboxylic acids is 4. The van der Waals surface area contributed by atoms with Gasteiger partial charge >= 0.3 is 5.97 Å². The number of phenols is 1. The van der Waals surface area contributed by atoms with Crippen molar-refractivity contribution < 1.29 is 38.9 Å². The van der Waals surface area contributed by atoms with Crippen molar-refractivity contribution in [3.8, 4) is 11.5 Å². The lowest BCUT2D eigenvalue weighted by Gasteiger charge is -2.42. The summed E-state index contributed by atoms with van der Waals surface area (Å²) in [6, 6.07) is 10.6. The quantitative estimate of drug-likeness (QED) is 0.341. The van der Waals surface area contributed by atoms with Crippen molar-refractivity contribution in [2.75, 3.05) is 12.0 Å². The number of rotatable bonds is 4. The monoisotopic (exact) mass is 539 g/mol. The van der Waals surface area contributed by atoms with Crippen LogP contribution in [-0.4, -0.2) is 46.7 Å². The van der Waals surface area contributed by atoms with Gasteiger partial charge in [-0.25, -0.2) is 4.79 Å². The van der Waals surface area contributed by atoms with E-state index in [2.05, 4.69) is 0 Å². The molecule has 0 spiro atoms. The fourth-order valence-electron chi connectivity index (χ4n) is 6.69. The number of carboxylic acid groups (broad SMARTS) is 1. The average molecular weight is 540 g/mol. The number of fused-ring (bicyclic) bond motifs is 3. The van der Waals surface area contributed by atoms with E-state index in [0.717, 1.165) is 4.90 Å². The Morgan fingerprint density at radius 1 is 1.02 bits per heavy atom. The van der Waals surface area contributed by atoms with E-state index >= 15 is 0 Å². The molecule has 2 aromatic rings. The highest BCUT2D eigenvalue weighted by atomic mass is 16.5. The van der Waals surface area contributed by atoms with Gasteiger partial charge in [0, 0.05) is 28.2 Å². The number of nitrogens with zero attached hydrogens (tertiary/aromatic N) is 1. The SMILES string of the molecule is COc1cccc([C@H]2C3=CC[C@@H]4C(=O)N(c5cccc(C(=O)O)c5)C(=O)[C@@H]4[C@@H]3CC3=C2C(=O)C(C)=CC3=O)c1O. The summed E-state index contributed by atoms with van der Waals surface area (Å²) in [5, 5.41) is 20.5. The molecule has 0 radical (unpaired) electrons. The third-order valence-corrected chi connectivity index (χ3v) is 8.48. The maximum Gasteiger partial charge on any atom is 0.335 e. The molecule has 1 saturated heterocycles. The van der Waals surface area contributed by atoms with Crippen molar-refractivity contribution in [1.82, 2.24) is 0 Å². The molecule has 202 valence electrons. The van der Waals surface area contributed by atoms with Crippen molar-refractivity contribution in [3.05, 3.63) is 88.0 Å². The number of ketones is 2. The number of benzene rings is 2. The first-order valence-electron chi connectivity index (χ1n) is 12.9. The molecule has 40 heavy (non-hydrogen) atoms. The van der Waals surface area contributed by atoms with Crippen molar-refractivity contribution in [1.29, 1.82) is 0 Å². The van der Waals surface area contributed by atoms with Gasteiger partial charge in [-0.3, -0.25) is 24.1 Å². The molecule has 4 aliphatic rings. The summed E-state index contributed by atoms with van der Waals surface area (Å²) in [6.07, 6.45) is 3.47. The molecule has 1 heterocycles. The second-order valence-electron chi connectivity index (χ2n) is 10.5. The molecular formula is C31H25NO8. The lowest BCUT2D eigenvalue weighted by Crippen LogP contribution is -2.39. The van der Waals surface area contributed by atoms with Crippen LogP contribution >= 0.6 is 0 Å². The van der Waals surface area contributed by atoms with Gasteiger partial charge in [0.1, 0.15) is 0 Å². The molecular weight excluding hydrogens is 514 g/mol. The molecule has 9 heteroatoms. The fourth-order valence-corrected chi connectivity index (χ4v) is 6.69. The number of carbonyl (C=O) groups is 5. The second-order valence-corrected chi connectivity index (χ2v) is 10.5. The number of amides is 2. The van der Waals surface area contributed by atoms with Crippen molar-refractivity contribution in [2.24, 2.45) is 17.8 Å². The van der Waals surface area contributed by atoms with Crippen LogP contribution in [0.2, 0.25) is 0 Å². The number of phenolic OH excluding ortho intramolecular Hbond substituents is 1. The Labute approximate surface area is 229 Å². The zero-order valence-corrected chi connectivity index (χ0v) is 21.7. The van der Waals surface area contributed by atoms with E-state index in [1.54, 1.807) is 25.1 Å². The van der Waals surface area contributed by atoms with Crippen molar-refractivity contribution >= 4 is 35.0 Å². The largest absolute Gasteiger partial charge is 0.504 e. The Balaban J connectivity index is 1.49. The number of anilines is 1. The van der Waals surface area contributed by atoms with Crippen LogP contribution in [0.4, 0.5) is 5.69 Å². The number of Topliss-reactive ketones (excluding diaryl/α,β-unsaturated/α-hetero) is 1. The van der Waals surface area contributed by atoms with Crippen LogP contribution in [0.15, 0.2) is 76.9 Å². The number of para-hydroxylation sites is 1. The smallest absolute Gasteiger partial charge is 0.335 e. The van der Waals surface area contributed by atoms with Crippen molar-refractivity contribution in [3.63, 3.8) is 0 Å². The minimum Gasteiger partial charge on any atom is -0.504 e. The number of aromatic carboxylic acids is 1. The third kappa shape index (κ3) is 3.57. The summed E-state index contributed by atoms with van der Waals surface area (Å²) in [7, 11) is 1.41. The van der Waals surface area contributed by atoms with Crippen LogP contribution in [0, 0.1) is 17.8 Å². The maximum atomic E-state index is 13.9. The number of ether oxygens (including phenoxy) is 1. The average Bonchev–Trinajstić information content (AvgIpc) is 3.20. The molecule has 3 aliphatic carbocycles. The summed E-state index contributed by atoms with van der Waals surface area (Å²) in [5.41, 5.74) is 2.03. The summed E-state index contributed by atoms with van der Waals surface area (Å²) in [5.74, 6) is -5.61. The second kappa shape index (κ2) is 9.15. The van der Waals surface area contributed by atoms with Crippen molar-refractivity contribution in [2.45, 2.75) is 25.7 Å². The molecule has 0 bridgehead atoms. The molecule has 2 amide bonds. The first kappa shape index (κ1) is 25.5. The highest BCUT2D eigenvalue weighted by molar-refractivity contribution is 6.25. The zero-order valence-electron chi connectivity index (χ0n) is 21.7. The predicted octanol–water partition coefficient (Wildman–Crippen LogP) is 3.73. The van der Waals surface area contributed by atoms with Gasteiger partial charge in [-0.15, -0.1) is 0 Å². The minimum absolute atomic E-state index is 0.0544. The Bertz CT molecular complexity index is 1640. The fraction of sp³-hybridized carbons (Fsp3) is 0.258. The molecule has 1 aliphatic heterocycles. The maximum absolute atomic E-state index is 13.9. The van der Waals surface area contributed by atoms with Crippen LogP contribution in [0.5, 0.6) is 11.5 Å². The summed E-state index contributed by atoms with van der Waals surface area (Å²) in [4.78, 5) is 66.8. The van der Waals surface area contributed by atoms with Crippen LogP contribution in [-0.2, 0) is 19.2 Å². The highest BCUT2D eigenvalue weighted by Gasteiger charge is 2.57. The molecule has 9 nitrogen and oxygen atoms in total. The highest BCUT2D eigenvalue weighted by Crippen LogP contribution is 2.57. The number of carboxylic acids is 1. The number of methoxy groups -OCH3 is 1. The molecule has 2 aromatic carbocycles. The third-order valence-electron chi connectivity index (χ3n) is 8.48. The van der Waals surface area contributed by atoms with E-state index in [1.165, 1.54) is 37.5 Å². The molecule has 0 saturated carbocycles. The Hall–Kier alpha value is -4.79. The Morgan fingerprint density at radius 3 is 2.50 bits per heavy atom. The molecule has 2 N–H and O–H groups in total. The van der Waals surface area contributed by atoms with E-state index < -0.39 is 41.5 Å². The lowest BCUT2D eigenvalue weighted by molar-refractivity contribution is -0.123. The summed E-state index contributed by atoms with van der Waals surface area (Å²) in [6.45, 7) is 1.58. The van der Waals surface area contributed by atoms with Crippen LogP contribution in [0.25, 0.3) is 0 Å². The molecule has 0 aromatic heterocycles. The number of imide groups is 1. The first-order valence-corrected chi connectivity index (χ1v) is 12.9. The zero-order chi connectivity index (χ0) is 28.5. The number of hydrogen-bond donors (Lipinski definition) is 2. The van der Waals surface area contributed by atoms with Gasteiger partial charge in [0.25, 0.3) is 0 Å². The van der Waals surface area contributed by atoms with Gasteiger partial charge < -0.3 is 14.9 Å². The van der Waals surface area contributed by atoms with Gasteiger partial charge in [-0.1, -0.05) is 29.8 Å². The van der Waals surface area contributed by atoms with Gasteiger partial charge in [-0.05, 0) is 56.0 Å². The number of allylic oxidation sites excluding steroid dienone is 6. The summed E-state index contributed by atoms with van der Waals surface area (Å²) >= 11 is 0. The van der Waals surface area contributed by atoms with E-state index in [1.807, 2.05) is 6.08 Å². The lowest BCUT2D eigenvalue weighted by atomic mass is 9.59.